The highest BCUT2D eigenvalue weighted by Gasteiger charge is 2.07. The van der Waals surface area contributed by atoms with Crippen molar-refractivity contribution in [2.75, 3.05) is 13.1 Å². The molecule has 2 aromatic rings. The van der Waals surface area contributed by atoms with E-state index in [1.165, 1.54) is 0 Å². The van der Waals surface area contributed by atoms with Crippen molar-refractivity contribution in [3.05, 3.63) is 34.8 Å². The van der Waals surface area contributed by atoms with Gasteiger partial charge in [-0.1, -0.05) is 26.0 Å². The highest BCUT2D eigenvalue weighted by molar-refractivity contribution is 5.72. The third-order valence-corrected chi connectivity index (χ3v) is 3.11. The SMILES string of the molecule is CC(C)CNCCCCn1c(=O)oc2ccccc21. The first kappa shape index (κ1) is 13.9. The van der Waals surface area contributed by atoms with Crippen LogP contribution in [0.5, 0.6) is 0 Å². The zero-order valence-electron chi connectivity index (χ0n) is 11.7. The zero-order valence-corrected chi connectivity index (χ0v) is 11.7. The van der Waals surface area contributed by atoms with Crippen molar-refractivity contribution in [3.63, 3.8) is 0 Å². The Labute approximate surface area is 113 Å². The number of hydrogen-bond donors (Lipinski definition) is 1. The fourth-order valence-electron chi connectivity index (χ4n) is 2.14. The van der Waals surface area contributed by atoms with Crippen molar-refractivity contribution in [2.24, 2.45) is 5.92 Å². The van der Waals surface area contributed by atoms with E-state index in [1.54, 1.807) is 4.57 Å². The van der Waals surface area contributed by atoms with Crippen LogP contribution in [-0.2, 0) is 6.54 Å². The predicted octanol–water partition coefficient (Wildman–Crippen LogP) is 2.62. The second-order valence-corrected chi connectivity index (χ2v) is 5.29. The minimum atomic E-state index is -0.253. The minimum Gasteiger partial charge on any atom is -0.408 e. The first-order valence-electron chi connectivity index (χ1n) is 6.97. The number of rotatable bonds is 7. The number of oxazole rings is 1. The number of fused-ring (bicyclic) bond motifs is 1. The molecule has 0 saturated carbocycles. The van der Waals surface area contributed by atoms with E-state index in [9.17, 15) is 4.79 Å². The molecule has 1 N–H and O–H groups in total. The summed E-state index contributed by atoms with van der Waals surface area (Å²) in [6.45, 7) is 7.17. The maximum Gasteiger partial charge on any atom is 0.419 e. The van der Waals surface area contributed by atoms with Crippen LogP contribution in [0.2, 0.25) is 0 Å². The normalized spacial score (nSPS) is 11.5. The molecule has 4 nitrogen and oxygen atoms in total. The molecule has 4 heteroatoms. The lowest BCUT2D eigenvalue weighted by atomic mass is 10.2. The third kappa shape index (κ3) is 3.70. The average Bonchev–Trinajstić information content (AvgIpc) is 2.69. The monoisotopic (exact) mass is 262 g/mol. The molecule has 1 aromatic carbocycles. The molecule has 0 unspecified atom stereocenters. The number of benzene rings is 1. The Morgan fingerprint density at radius 2 is 2.05 bits per heavy atom. The van der Waals surface area contributed by atoms with Crippen LogP contribution in [0.4, 0.5) is 0 Å². The van der Waals surface area contributed by atoms with Gasteiger partial charge in [-0.3, -0.25) is 4.57 Å². The number of aryl methyl sites for hydroxylation is 1. The molecule has 0 aliphatic carbocycles. The number of nitrogens with one attached hydrogen (secondary N) is 1. The summed E-state index contributed by atoms with van der Waals surface area (Å²) in [4.78, 5) is 11.7. The zero-order chi connectivity index (χ0) is 13.7. The quantitative estimate of drug-likeness (QED) is 0.780. The van der Waals surface area contributed by atoms with Crippen LogP contribution < -0.4 is 11.1 Å². The van der Waals surface area contributed by atoms with Gasteiger partial charge in [-0.15, -0.1) is 0 Å². The smallest absolute Gasteiger partial charge is 0.408 e. The van der Waals surface area contributed by atoms with Gasteiger partial charge in [0, 0.05) is 6.54 Å². The second kappa shape index (κ2) is 6.57. The van der Waals surface area contributed by atoms with E-state index in [-0.39, 0.29) is 5.76 Å². The summed E-state index contributed by atoms with van der Waals surface area (Å²) in [5.41, 5.74) is 1.56. The number of hydrogen-bond acceptors (Lipinski definition) is 3. The maximum atomic E-state index is 11.7. The Morgan fingerprint density at radius 1 is 1.26 bits per heavy atom. The van der Waals surface area contributed by atoms with Crippen molar-refractivity contribution >= 4 is 11.1 Å². The molecule has 0 bridgehead atoms. The van der Waals surface area contributed by atoms with E-state index in [0.717, 1.165) is 38.0 Å². The number of unbranched alkanes of at least 4 members (excludes halogenated alkanes) is 1. The van der Waals surface area contributed by atoms with Crippen LogP contribution >= 0.6 is 0 Å². The molecule has 1 aromatic heterocycles. The Morgan fingerprint density at radius 3 is 2.84 bits per heavy atom. The van der Waals surface area contributed by atoms with E-state index < -0.39 is 0 Å². The largest absolute Gasteiger partial charge is 0.419 e. The van der Waals surface area contributed by atoms with Crippen LogP contribution in [0.3, 0.4) is 0 Å². The molecular formula is C15H22N2O2. The van der Waals surface area contributed by atoms with Crippen LogP contribution in [0.1, 0.15) is 26.7 Å². The molecular weight excluding hydrogens is 240 g/mol. The van der Waals surface area contributed by atoms with Gasteiger partial charge in [0.25, 0.3) is 0 Å². The lowest BCUT2D eigenvalue weighted by Crippen LogP contribution is -2.21. The molecule has 0 atom stereocenters. The number of aromatic nitrogens is 1. The molecule has 19 heavy (non-hydrogen) atoms. The number of nitrogens with zero attached hydrogens (tertiary/aromatic N) is 1. The second-order valence-electron chi connectivity index (χ2n) is 5.29. The van der Waals surface area contributed by atoms with Crippen LogP contribution in [0.25, 0.3) is 11.1 Å². The Bertz CT molecular complexity index is 569. The Kier molecular flexibility index (Phi) is 4.80. The highest BCUT2D eigenvalue weighted by atomic mass is 16.4. The van der Waals surface area contributed by atoms with Crippen molar-refractivity contribution in [2.45, 2.75) is 33.2 Å². The van der Waals surface area contributed by atoms with Gasteiger partial charge in [-0.25, -0.2) is 4.79 Å². The van der Waals surface area contributed by atoms with Gasteiger partial charge in [-0.2, -0.15) is 0 Å². The molecule has 104 valence electrons. The van der Waals surface area contributed by atoms with Crippen molar-refractivity contribution in [1.82, 2.24) is 9.88 Å². The molecule has 0 amide bonds. The highest BCUT2D eigenvalue weighted by Crippen LogP contribution is 2.12. The average molecular weight is 262 g/mol. The summed E-state index contributed by atoms with van der Waals surface area (Å²) in [6.07, 6.45) is 2.05. The first-order chi connectivity index (χ1) is 9.18. The van der Waals surface area contributed by atoms with E-state index in [0.29, 0.717) is 11.5 Å². The summed E-state index contributed by atoms with van der Waals surface area (Å²) in [5.74, 6) is 0.428. The minimum absolute atomic E-state index is 0.253. The van der Waals surface area contributed by atoms with Gasteiger partial charge >= 0.3 is 5.76 Å². The van der Waals surface area contributed by atoms with E-state index in [4.69, 9.17) is 4.42 Å². The molecule has 0 aliphatic heterocycles. The lowest BCUT2D eigenvalue weighted by Gasteiger charge is -2.07. The molecule has 0 aliphatic rings. The third-order valence-electron chi connectivity index (χ3n) is 3.11. The Hall–Kier alpha value is -1.55. The van der Waals surface area contributed by atoms with Gasteiger partial charge in [0.2, 0.25) is 0 Å². The molecule has 0 saturated heterocycles. The van der Waals surface area contributed by atoms with Crippen LogP contribution in [-0.4, -0.2) is 17.7 Å². The molecule has 0 fully saturated rings. The topological polar surface area (TPSA) is 47.2 Å². The summed E-state index contributed by atoms with van der Waals surface area (Å²) in [6, 6.07) is 7.57. The summed E-state index contributed by atoms with van der Waals surface area (Å²) in [7, 11) is 0. The predicted molar refractivity (Wildman–Crippen MR) is 77.4 cm³/mol. The van der Waals surface area contributed by atoms with Crippen molar-refractivity contribution in [1.29, 1.82) is 0 Å². The fourth-order valence-corrected chi connectivity index (χ4v) is 2.14. The van der Waals surface area contributed by atoms with Crippen LogP contribution in [0, 0.1) is 5.92 Å². The summed E-state index contributed by atoms with van der Waals surface area (Å²) < 4.78 is 6.92. The van der Waals surface area contributed by atoms with Gasteiger partial charge in [0.1, 0.15) is 0 Å². The molecule has 0 radical (unpaired) electrons. The Balaban J connectivity index is 1.85. The summed E-state index contributed by atoms with van der Waals surface area (Å²) in [5, 5.41) is 3.41. The van der Waals surface area contributed by atoms with Gasteiger partial charge < -0.3 is 9.73 Å². The van der Waals surface area contributed by atoms with Gasteiger partial charge in [0.05, 0.1) is 5.52 Å². The first-order valence-corrected chi connectivity index (χ1v) is 6.97. The fraction of sp³-hybridized carbons (Fsp3) is 0.533. The molecule has 0 spiro atoms. The molecule has 1 heterocycles. The van der Waals surface area contributed by atoms with E-state index in [2.05, 4.69) is 19.2 Å². The van der Waals surface area contributed by atoms with Gasteiger partial charge in [0.15, 0.2) is 5.58 Å². The van der Waals surface area contributed by atoms with Gasteiger partial charge in [-0.05, 0) is 44.0 Å². The van der Waals surface area contributed by atoms with Crippen LogP contribution in [0.15, 0.2) is 33.5 Å². The number of para-hydroxylation sites is 2. The van der Waals surface area contributed by atoms with E-state index in [1.807, 2.05) is 24.3 Å². The van der Waals surface area contributed by atoms with Crippen molar-refractivity contribution < 1.29 is 4.42 Å². The summed E-state index contributed by atoms with van der Waals surface area (Å²) >= 11 is 0. The lowest BCUT2D eigenvalue weighted by molar-refractivity contribution is 0.481. The van der Waals surface area contributed by atoms with Crippen molar-refractivity contribution in [3.8, 4) is 0 Å². The maximum absolute atomic E-state index is 11.7. The standard InChI is InChI=1S/C15H22N2O2/c1-12(2)11-16-9-5-6-10-17-13-7-3-4-8-14(13)19-15(17)18/h3-4,7-8,12,16H,5-6,9-11H2,1-2H3. The van der Waals surface area contributed by atoms with E-state index >= 15 is 0 Å². The molecule has 2 rings (SSSR count).